The van der Waals surface area contributed by atoms with E-state index in [2.05, 4.69) is 29.8 Å². The molecule has 11 heavy (non-hydrogen) atoms. The minimum absolute atomic E-state index is 0.957. The third-order valence-corrected chi connectivity index (χ3v) is 1.72. The summed E-state index contributed by atoms with van der Waals surface area (Å²) in [7, 11) is 0. The van der Waals surface area contributed by atoms with Gasteiger partial charge >= 0.3 is 0 Å². The van der Waals surface area contributed by atoms with Crippen LogP contribution >= 0.6 is 0 Å². The second-order valence-corrected chi connectivity index (χ2v) is 2.69. The van der Waals surface area contributed by atoms with Crippen molar-refractivity contribution in [3.05, 3.63) is 12.7 Å². The van der Waals surface area contributed by atoms with Crippen LogP contribution < -0.4 is 4.57 Å². The topological polar surface area (TPSA) is 21.7 Å². The zero-order valence-corrected chi connectivity index (χ0v) is 7.32. The molecule has 0 N–H and O–H groups in total. The lowest BCUT2D eigenvalue weighted by Gasteiger charge is -1.90. The molecule has 0 aliphatic rings. The molecule has 0 fully saturated rings. The van der Waals surface area contributed by atoms with Crippen LogP contribution in [0.2, 0.25) is 0 Å². The fraction of sp³-hybridized carbons (Fsp3) is 0.750. The molecule has 0 amide bonds. The molecule has 0 saturated carbocycles. The Morgan fingerprint density at radius 1 is 1.45 bits per heavy atom. The number of hydrogen-bond acceptors (Lipinski definition) is 1. The van der Waals surface area contributed by atoms with E-state index in [0.29, 0.717) is 0 Å². The van der Waals surface area contributed by atoms with Crippen LogP contribution in [0.4, 0.5) is 0 Å². The van der Waals surface area contributed by atoms with E-state index in [-0.39, 0.29) is 0 Å². The second-order valence-electron chi connectivity index (χ2n) is 2.69. The van der Waals surface area contributed by atoms with Crippen molar-refractivity contribution in [2.24, 2.45) is 0 Å². The molecule has 0 spiro atoms. The van der Waals surface area contributed by atoms with Crippen LogP contribution in [-0.4, -0.2) is 9.78 Å². The van der Waals surface area contributed by atoms with E-state index in [1.54, 1.807) is 0 Å². The number of aryl methyl sites for hydroxylation is 2. The van der Waals surface area contributed by atoms with E-state index in [0.717, 1.165) is 13.1 Å². The molecule has 0 aromatic carbocycles. The largest absolute Gasteiger partial charge is 0.265 e. The highest BCUT2D eigenvalue weighted by Crippen LogP contribution is 1.85. The monoisotopic (exact) mass is 154 g/mol. The number of rotatable bonds is 4. The van der Waals surface area contributed by atoms with Gasteiger partial charge in [0.05, 0.1) is 6.54 Å². The van der Waals surface area contributed by atoms with Crippen LogP contribution in [0.25, 0.3) is 0 Å². The molecule has 0 bridgehead atoms. The molecule has 1 rings (SSSR count). The predicted molar refractivity (Wildman–Crippen MR) is 43.0 cm³/mol. The maximum absolute atomic E-state index is 4.17. The summed E-state index contributed by atoms with van der Waals surface area (Å²) in [6.07, 6.45) is 6.42. The SMILES string of the molecule is CCCC[n+]1cnn(CC)c1. The van der Waals surface area contributed by atoms with Gasteiger partial charge in [0, 0.05) is 5.10 Å². The van der Waals surface area contributed by atoms with Crippen molar-refractivity contribution in [3.8, 4) is 0 Å². The van der Waals surface area contributed by atoms with Crippen molar-refractivity contribution in [3.63, 3.8) is 0 Å². The van der Waals surface area contributed by atoms with Gasteiger partial charge in [-0.2, -0.15) is 0 Å². The molecule has 62 valence electrons. The fourth-order valence-corrected chi connectivity index (χ4v) is 0.983. The third-order valence-electron chi connectivity index (χ3n) is 1.72. The van der Waals surface area contributed by atoms with Gasteiger partial charge in [0.1, 0.15) is 6.54 Å². The molecule has 0 aliphatic heterocycles. The molecule has 1 aromatic heterocycles. The number of unbranched alkanes of at least 4 members (excludes halogenated alkanes) is 1. The van der Waals surface area contributed by atoms with E-state index in [9.17, 15) is 0 Å². The summed E-state index contributed by atoms with van der Waals surface area (Å²) in [5.41, 5.74) is 0. The van der Waals surface area contributed by atoms with Gasteiger partial charge in [0.2, 0.25) is 6.33 Å². The summed E-state index contributed by atoms with van der Waals surface area (Å²) in [5.74, 6) is 0. The van der Waals surface area contributed by atoms with Gasteiger partial charge in [0.25, 0.3) is 6.33 Å². The Bertz CT molecular complexity index is 205. The Hall–Kier alpha value is -0.860. The first-order valence-electron chi connectivity index (χ1n) is 4.28. The smallest absolute Gasteiger partial charge is 0.237 e. The molecule has 0 unspecified atom stereocenters. The normalized spacial score (nSPS) is 10.4. The lowest BCUT2D eigenvalue weighted by Crippen LogP contribution is -2.30. The Morgan fingerprint density at radius 3 is 2.82 bits per heavy atom. The van der Waals surface area contributed by atoms with Crippen molar-refractivity contribution in [1.82, 2.24) is 9.78 Å². The van der Waals surface area contributed by atoms with Crippen molar-refractivity contribution >= 4 is 0 Å². The van der Waals surface area contributed by atoms with Crippen molar-refractivity contribution in [2.75, 3.05) is 0 Å². The summed E-state index contributed by atoms with van der Waals surface area (Å²) in [6.45, 7) is 6.34. The average Bonchev–Trinajstić information content (AvgIpc) is 2.48. The van der Waals surface area contributed by atoms with E-state index >= 15 is 0 Å². The molecular formula is C8H16N3+. The number of aromatic nitrogens is 3. The fourth-order valence-electron chi connectivity index (χ4n) is 0.983. The quantitative estimate of drug-likeness (QED) is 0.593. The first-order valence-corrected chi connectivity index (χ1v) is 4.28. The van der Waals surface area contributed by atoms with Crippen molar-refractivity contribution < 1.29 is 4.57 Å². The summed E-state index contributed by atoms with van der Waals surface area (Å²) in [5, 5.41) is 4.17. The first kappa shape index (κ1) is 8.24. The highest BCUT2D eigenvalue weighted by atomic mass is 15.3. The Kier molecular flexibility index (Phi) is 3.08. The standard InChI is InChI=1S/C8H16N3/c1-3-5-6-10-7-9-11(4-2)8-10/h7-8H,3-6H2,1-2H3/q+1. The molecule has 3 nitrogen and oxygen atoms in total. The van der Waals surface area contributed by atoms with Crippen LogP contribution in [0, 0.1) is 0 Å². The van der Waals surface area contributed by atoms with Gasteiger partial charge in [-0.3, -0.25) is 0 Å². The van der Waals surface area contributed by atoms with Gasteiger partial charge in [-0.05, 0) is 13.3 Å². The van der Waals surface area contributed by atoms with Crippen LogP contribution in [0.5, 0.6) is 0 Å². The van der Waals surface area contributed by atoms with Gasteiger partial charge in [-0.1, -0.05) is 13.3 Å². The van der Waals surface area contributed by atoms with Crippen molar-refractivity contribution in [2.45, 2.75) is 39.8 Å². The third kappa shape index (κ3) is 2.33. The minimum atomic E-state index is 0.957. The lowest BCUT2D eigenvalue weighted by molar-refractivity contribution is -0.698. The van der Waals surface area contributed by atoms with Crippen LogP contribution in [0.15, 0.2) is 12.7 Å². The minimum Gasteiger partial charge on any atom is -0.237 e. The molecule has 1 heterocycles. The van der Waals surface area contributed by atoms with Gasteiger partial charge < -0.3 is 0 Å². The number of hydrogen-bond donors (Lipinski definition) is 0. The first-order chi connectivity index (χ1) is 5.36. The predicted octanol–water partition coefficient (Wildman–Crippen LogP) is 0.991. The van der Waals surface area contributed by atoms with Crippen molar-refractivity contribution in [1.29, 1.82) is 0 Å². The Labute approximate surface area is 67.7 Å². The summed E-state index contributed by atoms with van der Waals surface area (Å²) in [6, 6.07) is 0. The highest BCUT2D eigenvalue weighted by Gasteiger charge is 2.00. The van der Waals surface area contributed by atoms with E-state index in [1.165, 1.54) is 12.8 Å². The zero-order chi connectivity index (χ0) is 8.10. The molecular weight excluding hydrogens is 138 g/mol. The van der Waals surface area contributed by atoms with E-state index in [1.807, 2.05) is 11.0 Å². The van der Waals surface area contributed by atoms with E-state index < -0.39 is 0 Å². The number of nitrogens with zero attached hydrogens (tertiary/aromatic N) is 3. The maximum Gasteiger partial charge on any atom is 0.265 e. The lowest BCUT2D eigenvalue weighted by atomic mass is 10.3. The average molecular weight is 154 g/mol. The Balaban J connectivity index is 2.44. The second kappa shape index (κ2) is 4.11. The van der Waals surface area contributed by atoms with Gasteiger partial charge in [0.15, 0.2) is 0 Å². The zero-order valence-electron chi connectivity index (χ0n) is 7.32. The maximum atomic E-state index is 4.17. The molecule has 3 heteroatoms. The van der Waals surface area contributed by atoms with Crippen LogP contribution in [-0.2, 0) is 13.1 Å². The molecule has 0 radical (unpaired) electrons. The molecule has 0 aliphatic carbocycles. The highest BCUT2D eigenvalue weighted by molar-refractivity contribution is 4.42. The summed E-state index contributed by atoms with van der Waals surface area (Å²) in [4.78, 5) is 0. The van der Waals surface area contributed by atoms with E-state index in [4.69, 9.17) is 0 Å². The van der Waals surface area contributed by atoms with Crippen LogP contribution in [0.3, 0.4) is 0 Å². The molecule has 0 saturated heterocycles. The molecule has 1 aromatic rings. The summed E-state index contributed by atoms with van der Waals surface area (Å²) < 4.78 is 4.07. The Morgan fingerprint density at radius 2 is 2.27 bits per heavy atom. The van der Waals surface area contributed by atoms with Gasteiger partial charge in [-0.25, -0.2) is 4.57 Å². The van der Waals surface area contributed by atoms with Crippen LogP contribution in [0.1, 0.15) is 26.7 Å². The van der Waals surface area contributed by atoms with Gasteiger partial charge in [-0.15, -0.1) is 4.68 Å². The summed E-state index contributed by atoms with van der Waals surface area (Å²) >= 11 is 0. The molecule has 0 atom stereocenters.